The maximum absolute atomic E-state index is 13.0. The van der Waals surface area contributed by atoms with Crippen molar-refractivity contribution in [1.29, 1.82) is 0 Å². The van der Waals surface area contributed by atoms with Crippen LogP contribution in [-0.4, -0.2) is 57.8 Å². The molecule has 25 heavy (non-hydrogen) atoms. The molecule has 1 aromatic rings. The fraction of sp³-hybridized carbons (Fsp3) is 0.650. The van der Waals surface area contributed by atoms with Gasteiger partial charge in [-0.05, 0) is 51.2 Å². The number of carbonyl (C=O) groups is 1. The van der Waals surface area contributed by atoms with Crippen molar-refractivity contribution < 1.29 is 14.3 Å². The van der Waals surface area contributed by atoms with Crippen LogP contribution >= 0.6 is 0 Å². The van der Waals surface area contributed by atoms with Crippen LogP contribution < -0.4 is 9.64 Å². The molecule has 0 aromatic heterocycles. The van der Waals surface area contributed by atoms with Gasteiger partial charge < -0.3 is 19.3 Å². The predicted octanol–water partition coefficient (Wildman–Crippen LogP) is 3.33. The van der Waals surface area contributed by atoms with Gasteiger partial charge in [0.2, 0.25) is 5.91 Å². The molecule has 1 aliphatic carbocycles. The average Bonchev–Trinajstić information content (AvgIpc) is 2.87. The highest BCUT2D eigenvalue weighted by Crippen LogP contribution is 2.30. The molecule has 1 aliphatic rings. The minimum absolute atomic E-state index is 0.130. The zero-order valence-electron chi connectivity index (χ0n) is 16.0. The van der Waals surface area contributed by atoms with Gasteiger partial charge in [0.25, 0.3) is 0 Å². The van der Waals surface area contributed by atoms with Crippen molar-refractivity contribution in [2.45, 2.75) is 50.6 Å². The van der Waals surface area contributed by atoms with E-state index in [4.69, 9.17) is 9.47 Å². The van der Waals surface area contributed by atoms with Gasteiger partial charge in [0, 0.05) is 18.8 Å². The van der Waals surface area contributed by atoms with Crippen molar-refractivity contribution in [3.8, 4) is 5.75 Å². The Labute approximate surface area is 151 Å². The largest absolute Gasteiger partial charge is 0.497 e. The van der Waals surface area contributed by atoms with Crippen LogP contribution in [0.15, 0.2) is 24.3 Å². The molecule has 1 aromatic carbocycles. The monoisotopic (exact) mass is 348 g/mol. The number of nitrogens with zero attached hydrogens (tertiary/aromatic N) is 2. The first-order valence-corrected chi connectivity index (χ1v) is 9.20. The lowest BCUT2D eigenvalue weighted by Crippen LogP contribution is -2.52. The van der Waals surface area contributed by atoms with Gasteiger partial charge in [-0.25, -0.2) is 0 Å². The summed E-state index contributed by atoms with van der Waals surface area (Å²) >= 11 is 0. The lowest BCUT2D eigenvalue weighted by molar-refractivity contribution is -0.120. The Balaban J connectivity index is 2.35. The predicted molar refractivity (Wildman–Crippen MR) is 101 cm³/mol. The smallest absolute Gasteiger partial charge is 0.229 e. The number of methoxy groups -OCH3 is 2. The summed E-state index contributed by atoms with van der Waals surface area (Å²) in [6.45, 7) is 0.449. The van der Waals surface area contributed by atoms with Crippen LogP contribution in [0, 0.1) is 0 Å². The summed E-state index contributed by atoms with van der Waals surface area (Å²) in [4.78, 5) is 17.3. The molecule has 5 heteroatoms. The molecular weight excluding hydrogens is 316 g/mol. The van der Waals surface area contributed by atoms with E-state index in [-0.39, 0.29) is 11.9 Å². The summed E-state index contributed by atoms with van der Waals surface area (Å²) in [6.07, 6.45) is 6.19. The number of benzene rings is 1. The van der Waals surface area contributed by atoms with Crippen molar-refractivity contribution in [3.63, 3.8) is 0 Å². The van der Waals surface area contributed by atoms with E-state index < -0.39 is 0 Å². The zero-order chi connectivity index (χ0) is 18.2. The molecule has 0 radical (unpaired) electrons. The average molecular weight is 348 g/mol. The van der Waals surface area contributed by atoms with Crippen LogP contribution in [0.5, 0.6) is 5.75 Å². The fourth-order valence-electron chi connectivity index (χ4n) is 3.75. The highest BCUT2D eigenvalue weighted by atomic mass is 16.5. The Morgan fingerprint density at radius 1 is 1.04 bits per heavy atom. The van der Waals surface area contributed by atoms with Gasteiger partial charge in [0.1, 0.15) is 5.75 Å². The van der Waals surface area contributed by atoms with Gasteiger partial charge >= 0.3 is 0 Å². The molecule has 0 bridgehead atoms. The van der Waals surface area contributed by atoms with Crippen LogP contribution in [0.25, 0.3) is 0 Å². The topological polar surface area (TPSA) is 42.0 Å². The third kappa shape index (κ3) is 5.19. The summed E-state index contributed by atoms with van der Waals surface area (Å²) in [5.41, 5.74) is 0.945. The number of likely N-dealkylation sites (N-methyl/N-ethyl adjacent to an activating group) is 1. The number of ether oxygens (including phenoxy) is 2. The molecule has 0 heterocycles. The van der Waals surface area contributed by atoms with E-state index >= 15 is 0 Å². The summed E-state index contributed by atoms with van der Waals surface area (Å²) in [5, 5.41) is 0. The third-order valence-electron chi connectivity index (χ3n) is 5.08. The van der Waals surface area contributed by atoms with E-state index in [1.165, 1.54) is 19.3 Å². The Kier molecular flexibility index (Phi) is 7.72. The molecule has 0 saturated heterocycles. The molecule has 2 atom stereocenters. The number of amides is 1. The summed E-state index contributed by atoms with van der Waals surface area (Å²) < 4.78 is 10.4. The van der Waals surface area contributed by atoms with Crippen molar-refractivity contribution in [3.05, 3.63) is 24.3 Å². The van der Waals surface area contributed by atoms with E-state index in [1.807, 2.05) is 29.2 Å². The fourth-order valence-corrected chi connectivity index (χ4v) is 3.75. The number of hydrogen-bond donors (Lipinski definition) is 0. The van der Waals surface area contributed by atoms with Gasteiger partial charge in [-0.1, -0.05) is 19.3 Å². The molecule has 0 spiro atoms. The summed E-state index contributed by atoms with van der Waals surface area (Å²) in [6, 6.07) is 8.38. The molecule has 1 amide bonds. The highest BCUT2D eigenvalue weighted by molar-refractivity contribution is 5.94. The highest BCUT2D eigenvalue weighted by Gasteiger charge is 2.33. The van der Waals surface area contributed by atoms with Crippen LogP contribution in [0.1, 0.15) is 38.5 Å². The Morgan fingerprint density at radius 3 is 2.24 bits per heavy atom. The Bertz CT molecular complexity index is 530. The Hall–Kier alpha value is -1.59. The molecule has 140 valence electrons. The molecular formula is C20H32N2O3. The van der Waals surface area contributed by atoms with Gasteiger partial charge in [0.05, 0.1) is 26.2 Å². The Morgan fingerprint density at radius 2 is 1.68 bits per heavy atom. The van der Waals surface area contributed by atoms with E-state index in [9.17, 15) is 4.79 Å². The summed E-state index contributed by atoms with van der Waals surface area (Å²) in [7, 11) is 7.53. The number of rotatable bonds is 7. The van der Waals surface area contributed by atoms with Crippen LogP contribution in [0.2, 0.25) is 0 Å². The molecule has 1 saturated carbocycles. The van der Waals surface area contributed by atoms with E-state index in [2.05, 4.69) is 19.0 Å². The number of hydrogen-bond acceptors (Lipinski definition) is 4. The molecule has 2 rings (SSSR count). The molecule has 2 unspecified atom stereocenters. The quantitative estimate of drug-likeness (QED) is 0.709. The first-order valence-electron chi connectivity index (χ1n) is 9.20. The minimum Gasteiger partial charge on any atom is -0.497 e. The number of anilines is 1. The van der Waals surface area contributed by atoms with Crippen LogP contribution in [-0.2, 0) is 9.53 Å². The lowest BCUT2D eigenvalue weighted by Gasteiger charge is -2.39. The third-order valence-corrected chi connectivity index (χ3v) is 5.08. The first-order chi connectivity index (χ1) is 12.1. The van der Waals surface area contributed by atoms with Crippen molar-refractivity contribution >= 4 is 11.6 Å². The normalized spacial score (nSPS) is 21.0. The van der Waals surface area contributed by atoms with Crippen LogP contribution in [0.3, 0.4) is 0 Å². The minimum atomic E-state index is 0.130. The van der Waals surface area contributed by atoms with Crippen molar-refractivity contribution in [2.75, 3.05) is 39.8 Å². The maximum atomic E-state index is 13.0. The molecule has 5 nitrogen and oxygen atoms in total. The lowest BCUT2D eigenvalue weighted by atomic mass is 9.98. The van der Waals surface area contributed by atoms with Gasteiger partial charge in [0.15, 0.2) is 0 Å². The second-order valence-electron chi connectivity index (χ2n) is 6.94. The number of carbonyl (C=O) groups excluding carboxylic acids is 1. The van der Waals surface area contributed by atoms with Gasteiger partial charge in [-0.15, -0.1) is 0 Å². The second kappa shape index (κ2) is 9.78. The van der Waals surface area contributed by atoms with E-state index in [0.717, 1.165) is 24.3 Å². The van der Waals surface area contributed by atoms with Crippen LogP contribution in [0.4, 0.5) is 5.69 Å². The standard InChI is InChI=1S/C20H32N2O3/c1-21(2)18-8-6-5-7-9-19(18)22(20(23)14-15-24-3)16-10-12-17(25-4)13-11-16/h10-13,18-19H,5-9,14-15H2,1-4H3. The summed E-state index contributed by atoms with van der Waals surface area (Å²) in [5.74, 6) is 0.934. The first kappa shape index (κ1) is 19.7. The molecule has 0 N–H and O–H groups in total. The van der Waals surface area contributed by atoms with Crippen molar-refractivity contribution in [2.24, 2.45) is 0 Å². The van der Waals surface area contributed by atoms with Crippen molar-refractivity contribution in [1.82, 2.24) is 4.90 Å². The SMILES string of the molecule is COCCC(=O)N(c1ccc(OC)cc1)C1CCCCCC1N(C)C. The maximum Gasteiger partial charge on any atom is 0.229 e. The van der Waals surface area contributed by atoms with E-state index in [1.54, 1.807) is 14.2 Å². The van der Waals surface area contributed by atoms with Gasteiger partial charge in [-0.2, -0.15) is 0 Å². The second-order valence-corrected chi connectivity index (χ2v) is 6.94. The molecule has 1 fully saturated rings. The molecule has 0 aliphatic heterocycles. The van der Waals surface area contributed by atoms with E-state index in [0.29, 0.717) is 19.1 Å². The van der Waals surface area contributed by atoms with Gasteiger partial charge in [-0.3, -0.25) is 4.79 Å². The zero-order valence-corrected chi connectivity index (χ0v) is 16.0.